The lowest BCUT2D eigenvalue weighted by Gasteiger charge is -2.11. The fourth-order valence-electron chi connectivity index (χ4n) is 1.97. The van der Waals surface area contributed by atoms with Gasteiger partial charge in [-0.05, 0) is 40.5 Å². The predicted molar refractivity (Wildman–Crippen MR) is 83.1 cm³/mol. The minimum atomic E-state index is -0.324. The van der Waals surface area contributed by atoms with E-state index in [1.807, 2.05) is 25.1 Å². The van der Waals surface area contributed by atoms with Crippen LogP contribution >= 0.6 is 15.9 Å². The zero-order valence-corrected chi connectivity index (χ0v) is 13.2. The molecule has 0 aliphatic rings. The Labute approximate surface area is 125 Å². The van der Waals surface area contributed by atoms with Crippen LogP contribution in [0.3, 0.4) is 0 Å². The summed E-state index contributed by atoms with van der Waals surface area (Å²) in [6.45, 7) is 2.37. The number of nitrogens with one attached hydrogen (secondary N) is 1. The van der Waals surface area contributed by atoms with Gasteiger partial charge in [-0.1, -0.05) is 6.07 Å². The summed E-state index contributed by atoms with van der Waals surface area (Å²) >= 11 is 3.46. The Morgan fingerprint density at radius 1 is 1.25 bits per heavy atom. The van der Waals surface area contributed by atoms with Crippen LogP contribution in [0.4, 0.5) is 5.69 Å². The van der Waals surface area contributed by atoms with Gasteiger partial charge < -0.3 is 9.88 Å². The molecule has 0 unspecified atom stereocenters. The van der Waals surface area contributed by atoms with Crippen LogP contribution in [0.2, 0.25) is 0 Å². The molecule has 0 saturated heterocycles. The van der Waals surface area contributed by atoms with E-state index in [-0.39, 0.29) is 11.2 Å². The second kappa shape index (κ2) is 5.66. The van der Waals surface area contributed by atoms with Crippen LogP contribution < -0.4 is 16.6 Å². The molecule has 1 aromatic carbocycles. The number of nitrogens with zero attached hydrogens (tertiary/aromatic N) is 2. The van der Waals surface area contributed by atoms with Crippen molar-refractivity contribution >= 4 is 21.6 Å². The fraction of sp³-hybridized carbons (Fsp3) is 0.286. The monoisotopic (exact) mass is 337 g/mol. The first-order chi connectivity index (χ1) is 9.40. The molecule has 0 fully saturated rings. The summed E-state index contributed by atoms with van der Waals surface area (Å²) in [6.07, 6.45) is 1.57. The summed E-state index contributed by atoms with van der Waals surface area (Å²) in [7, 11) is 3.12. The third kappa shape index (κ3) is 2.85. The van der Waals surface area contributed by atoms with Gasteiger partial charge in [-0.3, -0.25) is 9.36 Å². The van der Waals surface area contributed by atoms with Gasteiger partial charge in [-0.25, -0.2) is 4.79 Å². The van der Waals surface area contributed by atoms with Crippen LogP contribution in [0.1, 0.15) is 11.1 Å². The topological polar surface area (TPSA) is 56.0 Å². The second-order valence-corrected chi connectivity index (χ2v) is 5.60. The minimum Gasteiger partial charge on any atom is -0.380 e. The van der Waals surface area contributed by atoms with E-state index in [0.29, 0.717) is 12.1 Å². The number of halogens is 1. The zero-order chi connectivity index (χ0) is 14.9. The van der Waals surface area contributed by atoms with Gasteiger partial charge in [-0.2, -0.15) is 0 Å². The largest absolute Gasteiger partial charge is 0.380 e. The van der Waals surface area contributed by atoms with Gasteiger partial charge in [0.2, 0.25) is 0 Å². The highest BCUT2D eigenvalue weighted by Crippen LogP contribution is 2.23. The SMILES string of the molecule is Cc1ccc(Br)c(NCc2cn(C)c(=O)n(C)c2=O)c1. The lowest BCUT2D eigenvalue weighted by atomic mass is 10.2. The normalized spacial score (nSPS) is 10.6. The van der Waals surface area contributed by atoms with Crippen LogP contribution in [-0.4, -0.2) is 9.13 Å². The number of rotatable bonds is 3. The first kappa shape index (κ1) is 14.6. The maximum absolute atomic E-state index is 12.0. The van der Waals surface area contributed by atoms with Crippen molar-refractivity contribution in [1.29, 1.82) is 0 Å². The van der Waals surface area contributed by atoms with Crippen LogP contribution in [0.25, 0.3) is 0 Å². The molecule has 6 heteroatoms. The summed E-state index contributed by atoms with van der Waals surface area (Å²) in [5.74, 6) is 0. The van der Waals surface area contributed by atoms with Crippen molar-refractivity contribution < 1.29 is 0 Å². The third-order valence-electron chi connectivity index (χ3n) is 3.11. The number of anilines is 1. The van der Waals surface area contributed by atoms with Crippen molar-refractivity contribution in [3.8, 4) is 0 Å². The molecule has 0 atom stereocenters. The number of aryl methyl sites for hydroxylation is 2. The highest BCUT2D eigenvalue weighted by molar-refractivity contribution is 9.10. The molecule has 0 aliphatic carbocycles. The van der Waals surface area contributed by atoms with E-state index < -0.39 is 0 Å². The maximum Gasteiger partial charge on any atom is 0.330 e. The third-order valence-corrected chi connectivity index (χ3v) is 3.80. The van der Waals surface area contributed by atoms with E-state index >= 15 is 0 Å². The molecule has 0 saturated carbocycles. The first-order valence-corrected chi connectivity index (χ1v) is 6.95. The molecule has 2 rings (SSSR count). The zero-order valence-electron chi connectivity index (χ0n) is 11.6. The second-order valence-electron chi connectivity index (χ2n) is 4.75. The van der Waals surface area contributed by atoms with Crippen LogP contribution in [0.5, 0.6) is 0 Å². The highest BCUT2D eigenvalue weighted by Gasteiger charge is 2.07. The molecular weight excluding hydrogens is 322 g/mol. The summed E-state index contributed by atoms with van der Waals surface area (Å²) < 4.78 is 3.45. The number of hydrogen-bond donors (Lipinski definition) is 1. The molecule has 2 aromatic rings. The molecule has 0 amide bonds. The molecule has 5 nitrogen and oxygen atoms in total. The lowest BCUT2D eigenvalue weighted by Crippen LogP contribution is -2.38. The molecule has 0 bridgehead atoms. The van der Waals surface area contributed by atoms with E-state index in [2.05, 4.69) is 21.2 Å². The van der Waals surface area contributed by atoms with Crippen LogP contribution in [0.15, 0.2) is 38.5 Å². The molecular formula is C14H16BrN3O2. The smallest absolute Gasteiger partial charge is 0.330 e. The first-order valence-electron chi connectivity index (χ1n) is 6.15. The average molecular weight is 338 g/mol. The molecule has 1 aromatic heterocycles. The van der Waals surface area contributed by atoms with Gasteiger partial charge in [0.1, 0.15) is 0 Å². The Bertz CT molecular complexity index is 762. The van der Waals surface area contributed by atoms with E-state index in [9.17, 15) is 9.59 Å². The number of aromatic nitrogens is 2. The molecule has 0 spiro atoms. The van der Waals surface area contributed by atoms with E-state index in [1.165, 1.54) is 11.6 Å². The number of benzene rings is 1. The predicted octanol–water partition coefficient (Wildman–Crippen LogP) is 1.77. The lowest BCUT2D eigenvalue weighted by molar-refractivity contribution is 0.671. The van der Waals surface area contributed by atoms with Crippen molar-refractivity contribution in [1.82, 2.24) is 9.13 Å². The van der Waals surface area contributed by atoms with Gasteiger partial charge in [0.15, 0.2) is 0 Å². The van der Waals surface area contributed by atoms with Gasteiger partial charge in [0.25, 0.3) is 5.56 Å². The van der Waals surface area contributed by atoms with Crippen molar-refractivity contribution in [3.05, 3.63) is 60.8 Å². The average Bonchev–Trinajstić information content (AvgIpc) is 2.42. The molecule has 20 heavy (non-hydrogen) atoms. The molecule has 106 valence electrons. The minimum absolute atomic E-state index is 0.274. The fourth-order valence-corrected chi connectivity index (χ4v) is 2.36. The summed E-state index contributed by atoms with van der Waals surface area (Å²) in [6, 6.07) is 5.95. The van der Waals surface area contributed by atoms with Gasteiger partial charge in [0, 0.05) is 37.0 Å². The number of hydrogen-bond acceptors (Lipinski definition) is 3. The van der Waals surface area contributed by atoms with E-state index in [0.717, 1.165) is 20.3 Å². The Hall–Kier alpha value is -1.82. The van der Waals surface area contributed by atoms with Crippen molar-refractivity contribution in [2.75, 3.05) is 5.32 Å². The van der Waals surface area contributed by atoms with Crippen LogP contribution in [-0.2, 0) is 20.6 Å². The Morgan fingerprint density at radius 3 is 2.65 bits per heavy atom. The van der Waals surface area contributed by atoms with Gasteiger partial charge in [-0.15, -0.1) is 0 Å². The quantitative estimate of drug-likeness (QED) is 0.928. The van der Waals surface area contributed by atoms with Crippen molar-refractivity contribution in [2.24, 2.45) is 14.1 Å². The summed E-state index contributed by atoms with van der Waals surface area (Å²) in [5.41, 5.74) is 1.99. The summed E-state index contributed by atoms with van der Waals surface area (Å²) in [5, 5.41) is 3.21. The highest BCUT2D eigenvalue weighted by atomic mass is 79.9. The van der Waals surface area contributed by atoms with E-state index in [1.54, 1.807) is 13.2 Å². The van der Waals surface area contributed by atoms with Crippen molar-refractivity contribution in [3.63, 3.8) is 0 Å². The molecule has 0 radical (unpaired) electrons. The van der Waals surface area contributed by atoms with Crippen LogP contribution in [0, 0.1) is 6.92 Å². The van der Waals surface area contributed by atoms with Crippen molar-refractivity contribution in [2.45, 2.75) is 13.5 Å². The van der Waals surface area contributed by atoms with Gasteiger partial charge >= 0.3 is 5.69 Å². The molecule has 1 heterocycles. The Kier molecular flexibility index (Phi) is 4.13. The maximum atomic E-state index is 12.0. The summed E-state index contributed by atoms with van der Waals surface area (Å²) in [4.78, 5) is 23.6. The van der Waals surface area contributed by atoms with E-state index in [4.69, 9.17) is 0 Å². The Balaban J connectivity index is 2.30. The Morgan fingerprint density at radius 2 is 1.95 bits per heavy atom. The molecule has 0 aliphatic heterocycles. The van der Waals surface area contributed by atoms with Gasteiger partial charge in [0.05, 0.1) is 5.56 Å². The standard InChI is InChI=1S/C14H16BrN3O2/c1-9-4-5-11(15)12(6-9)16-7-10-8-17(2)14(20)18(3)13(10)19/h4-6,8,16H,7H2,1-3H3. The molecule has 1 N–H and O–H groups in total.